The second-order valence-electron chi connectivity index (χ2n) is 7.02. The number of nitriles is 1. The molecule has 1 unspecified atom stereocenters. The highest BCUT2D eigenvalue weighted by Gasteiger charge is 2.32. The molecule has 0 bridgehead atoms. The number of guanidine groups is 1. The van der Waals surface area contributed by atoms with Gasteiger partial charge in [-0.25, -0.2) is 4.99 Å². The van der Waals surface area contributed by atoms with Crippen molar-refractivity contribution in [3.05, 3.63) is 35.4 Å². The predicted octanol–water partition coefficient (Wildman–Crippen LogP) is 3.23. The number of hydrogen-bond donors (Lipinski definition) is 1. The minimum atomic E-state index is -4.16. The van der Waals surface area contributed by atoms with Crippen LogP contribution in [0.1, 0.15) is 31.4 Å². The average Bonchev–Trinajstić information content (AvgIpc) is 3.12. The van der Waals surface area contributed by atoms with Gasteiger partial charge < -0.3 is 10.2 Å². The van der Waals surface area contributed by atoms with Gasteiger partial charge in [0.15, 0.2) is 5.96 Å². The third-order valence-electron chi connectivity index (χ3n) is 4.78. The van der Waals surface area contributed by atoms with Crippen molar-refractivity contribution in [1.82, 2.24) is 15.1 Å². The topological polar surface area (TPSA) is 54.7 Å². The van der Waals surface area contributed by atoms with Gasteiger partial charge in [-0.05, 0) is 43.5 Å². The first kappa shape index (κ1) is 22.0. The van der Waals surface area contributed by atoms with E-state index in [0.29, 0.717) is 31.7 Å². The second kappa shape index (κ2) is 10.3. The Balaban J connectivity index is 1.95. The molecular weight excluding hydrogens is 367 g/mol. The van der Waals surface area contributed by atoms with Crippen LogP contribution >= 0.6 is 0 Å². The first-order chi connectivity index (χ1) is 13.3. The fourth-order valence-corrected chi connectivity index (χ4v) is 3.37. The molecule has 1 heterocycles. The highest BCUT2D eigenvalue weighted by Crippen LogP contribution is 2.21. The zero-order valence-electron chi connectivity index (χ0n) is 16.5. The van der Waals surface area contributed by atoms with Crippen LogP contribution < -0.4 is 5.32 Å². The second-order valence-corrected chi connectivity index (χ2v) is 7.02. The molecule has 1 atom stereocenters. The maximum atomic E-state index is 12.7. The van der Waals surface area contributed by atoms with Crippen molar-refractivity contribution < 1.29 is 13.2 Å². The fraction of sp³-hybridized carbons (Fsp3) is 0.600. The lowest BCUT2D eigenvalue weighted by molar-refractivity contribution is -0.146. The van der Waals surface area contributed by atoms with Crippen molar-refractivity contribution in [2.24, 2.45) is 10.9 Å². The van der Waals surface area contributed by atoms with Crippen LogP contribution in [-0.4, -0.2) is 61.2 Å². The summed E-state index contributed by atoms with van der Waals surface area (Å²) in [6, 6.07) is 9.39. The molecule has 2 rings (SSSR count). The van der Waals surface area contributed by atoms with Crippen LogP contribution in [0.4, 0.5) is 13.2 Å². The quantitative estimate of drug-likeness (QED) is 0.569. The lowest BCUT2D eigenvalue weighted by atomic mass is 10.1. The molecule has 8 heteroatoms. The number of rotatable bonds is 7. The van der Waals surface area contributed by atoms with Crippen LogP contribution in [0.5, 0.6) is 0 Å². The van der Waals surface area contributed by atoms with Crippen molar-refractivity contribution in [1.29, 1.82) is 5.26 Å². The molecule has 0 radical (unpaired) electrons. The summed E-state index contributed by atoms with van der Waals surface area (Å²) in [7, 11) is 0. The van der Waals surface area contributed by atoms with Crippen LogP contribution in [0, 0.1) is 17.2 Å². The van der Waals surface area contributed by atoms with Gasteiger partial charge in [-0.2, -0.15) is 18.4 Å². The number of halogens is 3. The van der Waals surface area contributed by atoms with E-state index in [0.717, 1.165) is 31.0 Å². The molecule has 0 aliphatic carbocycles. The summed E-state index contributed by atoms with van der Waals surface area (Å²) in [5.41, 5.74) is 1.62. The summed E-state index contributed by atoms with van der Waals surface area (Å²) in [6.45, 7) is 6.44. The Kier molecular flexibility index (Phi) is 8.12. The largest absolute Gasteiger partial charge is 0.401 e. The van der Waals surface area contributed by atoms with Crippen molar-refractivity contribution in [3.63, 3.8) is 0 Å². The molecule has 1 aliphatic rings. The molecule has 1 N–H and O–H groups in total. The summed E-state index contributed by atoms with van der Waals surface area (Å²) in [5, 5.41) is 12.1. The molecule has 0 amide bonds. The lowest BCUT2D eigenvalue weighted by Crippen LogP contribution is -2.41. The van der Waals surface area contributed by atoms with Crippen LogP contribution in [0.25, 0.3) is 0 Å². The predicted molar refractivity (Wildman–Crippen MR) is 104 cm³/mol. The van der Waals surface area contributed by atoms with Crippen molar-refractivity contribution in [3.8, 4) is 6.07 Å². The van der Waals surface area contributed by atoms with Crippen LogP contribution in [0.15, 0.2) is 29.3 Å². The normalized spacial score (nSPS) is 17.8. The van der Waals surface area contributed by atoms with E-state index < -0.39 is 12.7 Å². The average molecular weight is 395 g/mol. The van der Waals surface area contributed by atoms with E-state index in [1.54, 1.807) is 19.1 Å². The van der Waals surface area contributed by atoms with E-state index in [-0.39, 0.29) is 5.92 Å². The summed E-state index contributed by atoms with van der Waals surface area (Å²) < 4.78 is 38.0. The molecular formula is C20H28F3N5. The SMILES string of the molecule is CCNC(=NCc1ccc(C#N)cc1)N1CCC(CN(CC)CC(F)(F)F)C1. The third-order valence-corrected chi connectivity index (χ3v) is 4.78. The minimum absolute atomic E-state index is 0.195. The number of benzene rings is 1. The van der Waals surface area contributed by atoms with Gasteiger partial charge in [0, 0.05) is 26.2 Å². The summed E-state index contributed by atoms with van der Waals surface area (Å²) in [5.74, 6) is 0.981. The van der Waals surface area contributed by atoms with Gasteiger partial charge in [-0.15, -0.1) is 0 Å². The number of hydrogen-bond acceptors (Lipinski definition) is 3. The highest BCUT2D eigenvalue weighted by atomic mass is 19.4. The van der Waals surface area contributed by atoms with E-state index in [1.165, 1.54) is 4.90 Å². The molecule has 154 valence electrons. The monoisotopic (exact) mass is 395 g/mol. The molecule has 1 aliphatic heterocycles. The number of aliphatic imine (C=N–C) groups is 1. The Hall–Kier alpha value is -2.27. The van der Waals surface area contributed by atoms with Gasteiger partial charge in [0.25, 0.3) is 0 Å². The Morgan fingerprint density at radius 1 is 1.32 bits per heavy atom. The van der Waals surface area contributed by atoms with E-state index in [4.69, 9.17) is 5.26 Å². The Labute approximate surface area is 164 Å². The zero-order chi connectivity index (χ0) is 20.6. The molecule has 1 fully saturated rings. The van der Waals surface area contributed by atoms with Crippen molar-refractivity contribution >= 4 is 5.96 Å². The van der Waals surface area contributed by atoms with Crippen LogP contribution in [0.3, 0.4) is 0 Å². The smallest absolute Gasteiger partial charge is 0.357 e. The first-order valence-corrected chi connectivity index (χ1v) is 9.66. The Bertz CT molecular complexity index is 679. The zero-order valence-corrected chi connectivity index (χ0v) is 16.5. The van der Waals surface area contributed by atoms with E-state index >= 15 is 0 Å². The number of alkyl halides is 3. The minimum Gasteiger partial charge on any atom is -0.357 e. The summed E-state index contributed by atoms with van der Waals surface area (Å²) in [6.07, 6.45) is -3.30. The third kappa shape index (κ3) is 7.04. The molecule has 0 saturated carbocycles. The van der Waals surface area contributed by atoms with Crippen molar-refractivity contribution in [2.75, 3.05) is 39.3 Å². The van der Waals surface area contributed by atoms with Gasteiger partial charge in [0.2, 0.25) is 0 Å². The van der Waals surface area contributed by atoms with Gasteiger partial charge in [-0.3, -0.25) is 4.90 Å². The molecule has 5 nitrogen and oxygen atoms in total. The van der Waals surface area contributed by atoms with E-state index in [1.807, 2.05) is 19.1 Å². The first-order valence-electron chi connectivity index (χ1n) is 9.66. The lowest BCUT2D eigenvalue weighted by Gasteiger charge is -2.26. The summed E-state index contributed by atoms with van der Waals surface area (Å²) >= 11 is 0. The molecule has 0 aromatic heterocycles. The van der Waals surface area contributed by atoms with E-state index in [9.17, 15) is 13.2 Å². The Morgan fingerprint density at radius 2 is 2.04 bits per heavy atom. The number of nitrogens with zero attached hydrogens (tertiary/aromatic N) is 4. The molecule has 1 aromatic carbocycles. The number of nitrogens with one attached hydrogen (secondary N) is 1. The molecule has 1 saturated heterocycles. The van der Waals surface area contributed by atoms with Crippen LogP contribution in [0.2, 0.25) is 0 Å². The van der Waals surface area contributed by atoms with Gasteiger partial charge in [0.1, 0.15) is 0 Å². The summed E-state index contributed by atoms with van der Waals surface area (Å²) in [4.78, 5) is 8.26. The maximum Gasteiger partial charge on any atom is 0.401 e. The van der Waals surface area contributed by atoms with Crippen molar-refractivity contribution in [2.45, 2.75) is 33.0 Å². The highest BCUT2D eigenvalue weighted by molar-refractivity contribution is 5.80. The van der Waals surface area contributed by atoms with E-state index in [2.05, 4.69) is 21.3 Å². The molecule has 0 spiro atoms. The van der Waals surface area contributed by atoms with Gasteiger partial charge >= 0.3 is 6.18 Å². The van der Waals surface area contributed by atoms with Gasteiger partial charge in [0.05, 0.1) is 24.7 Å². The number of likely N-dealkylation sites (tertiary alicyclic amines) is 1. The molecule has 1 aromatic rings. The fourth-order valence-electron chi connectivity index (χ4n) is 3.37. The Morgan fingerprint density at radius 3 is 2.61 bits per heavy atom. The standard InChI is InChI=1S/C20H28F3N5/c1-3-25-19(26-12-17-7-5-16(11-24)6-8-17)28-10-9-18(14-28)13-27(4-2)15-20(21,22)23/h5-8,18H,3-4,9-10,12-15H2,1-2H3,(H,25,26). The maximum absolute atomic E-state index is 12.7. The molecule has 28 heavy (non-hydrogen) atoms. The van der Waals surface area contributed by atoms with Gasteiger partial charge in [-0.1, -0.05) is 19.1 Å². The van der Waals surface area contributed by atoms with Crippen LogP contribution in [-0.2, 0) is 6.54 Å².